The lowest BCUT2D eigenvalue weighted by Crippen LogP contribution is -2.49. The predicted octanol–water partition coefficient (Wildman–Crippen LogP) is 1.93. The highest BCUT2D eigenvalue weighted by atomic mass is 16.2. The molecular weight excluding hydrogens is 530 g/mol. The molecule has 10 heteroatoms. The van der Waals surface area contributed by atoms with Crippen LogP contribution >= 0.6 is 0 Å². The van der Waals surface area contributed by atoms with E-state index in [9.17, 15) is 14.4 Å². The first-order valence-electron chi connectivity index (χ1n) is 13.9. The predicted molar refractivity (Wildman–Crippen MR) is 165 cm³/mol. The second-order valence-corrected chi connectivity index (χ2v) is 10.3. The van der Waals surface area contributed by atoms with E-state index >= 15 is 0 Å². The van der Waals surface area contributed by atoms with Gasteiger partial charge in [0, 0.05) is 33.7 Å². The van der Waals surface area contributed by atoms with E-state index < -0.39 is 17.9 Å². The van der Waals surface area contributed by atoms with Crippen LogP contribution in [0.4, 0.5) is 0 Å². The molecule has 3 aromatic rings. The van der Waals surface area contributed by atoms with Crippen molar-refractivity contribution < 1.29 is 14.4 Å². The smallest absolute Gasteiger partial charge is 0.240 e. The molecule has 0 aliphatic carbocycles. The number of hydrogen-bond acceptors (Lipinski definition) is 5. The Labute approximate surface area is 247 Å². The lowest BCUT2D eigenvalue weighted by molar-refractivity contribution is -0.141. The summed E-state index contributed by atoms with van der Waals surface area (Å²) in [5.41, 5.74) is 20.3. The number of guanidine groups is 1. The number of hydrogen-bond donors (Lipinski definition) is 4. The van der Waals surface area contributed by atoms with Crippen molar-refractivity contribution in [3.8, 4) is 0 Å². The van der Waals surface area contributed by atoms with Gasteiger partial charge in [0.1, 0.15) is 6.04 Å². The van der Waals surface area contributed by atoms with Crippen LogP contribution in [0.3, 0.4) is 0 Å². The maximum absolute atomic E-state index is 14.5. The molecule has 0 heterocycles. The molecule has 0 aliphatic heterocycles. The van der Waals surface area contributed by atoms with Crippen molar-refractivity contribution in [3.63, 3.8) is 0 Å². The van der Waals surface area contributed by atoms with Crippen LogP contribution in [0.25, 0.3) is 0 Å². The highest BCUT2D eigenvalue weighted by Crippen LogP contribution is 2.29. The van der Waals surface area contributed by atoms with Crippen LogP contribution in [-0.4, -0.2) is 66.7 Å². The van der Waals surface area contributed by atoms with Crippen LogP contribution in [0.1, 0.15) is 41.0 Å². The second kappa shape index (κ2) is 15.9. The van der Waals surface area contributed by atoms with Crippen molar-refractivity contribution in [2.24, 2.45) is 22.2 Å². The summed E-state index contributed by atoms with van der Waals surface area (Å²) in [6, 6.07) is 25.9. The molecule has 0 saturated heterocycles. The van der Waals surface area contributed by atoms with E-state index in [1.54, 1.807) is 19.0 Å². The fraction of sp³-hybridized carbons (Fsp3) is 0.312. The van der Waals surface area contributed by atoms with Gasteiger partial charge in [-0.1, -0.05) is 84.9 Å². The number of primary amides is 1. The van der Waals surface area contributed by atoms with Gasteiger partial charge in [-0.05, 0) is 35.1 Å². The number of aliphatic imine (C=N–C) groups is 1. The third-order valence-electron chi connectivity index (χ3n) is 6.91. The van der Waals surface area contributed by atoms with E-state index in [2.05, 4.69) is 10.3 Å². The first-order valence-corrected chi connectivity index (χ1v) is 13.9. The monoisotopic (exact) mass is 571 g/mol. The number of amides is 3. The fourth-order valence-electron chi connectivity index (χ4n) is 4.65. The first-order chi connectivity index (χ1) is 20.2. The molecule has 0 aromatic heterocycles. The first kappa shape index (κ1) is 31.8. The molecule has 222 valence electrons. The summed E-state index contributed by atoms with van der Waals surface area (Å²) < 4.78 is 0. The summed E-state index contributed by atoms with van der Waals surface area (Å²) in [4.78, 5) is 46.3. The molecular formula is C32H41N7O3. The van der Waals surface area contributed by atoms with E-state index in [1.165, 1.54) is 4.90 Å². The molecule has 42 heavy (non-hydrogen) atoms. The molecule has 10 nitrogen and oxygen atoms in total. The van der Waals surface area contributed by atoms with Crippen molar-refractivity contribution in [2.45, 2.75) is 37.9 Å². The minimum Gasteiger partial charge on any atom is -0.370 e. The van der Waals surface area contributed by atoms with Gasteiger partial charge >= 0.3 is 0 Å². The van der Waals surface area contributed by atoms with Gasteiger partial charge in [0.25, 0.3) is 0 Å². The summed E-state index contributed by atoms with van der Waals surface area (Å²) in [5.74, 6) is -1.51. The Morgan fingerprint density at radius 2 is 1.36 bits per heavy atom. The number of nitrogens with one attached hydrogen (secondary N) is 1. The SMILES string of the molecule is CN(C)C(=O)CNCc1ccc(CN(C(=O)C(c2ccccc2)c2ccccc2)[C@H](CCCN=C(N)N)C(N)=O)cc1. The number of benzene rings is 3. The fourth-order valence-corrected chi connectivity index (χ4v) is 4.65. The molecule has 3 rings (SSSR count). The minimum absolute atomic E-state index is 0.00973. The average molecular weight is 572 g/mol. The standard InChI is InChI=1S/C32H41N7O3/c1-38(2)28(40)21-36-20-23-15-17-24(18-16-23)22-39(27(30(33)41)14-9-19-37-32(34)35)31(42)29(25-10-5-3-6-11-25)26-12-7-4-8-13-26/h3-8,10-13,15-18,27,29,36H,9,14,19-22H2,1-2H3,(H2,33,41)(H4,34,35,37)/t27-/m1/s1. The van der Waals surface area contributed by atoms with Crippen LogP contribution in [0, 0.1) is 0 Å². The van der Waals surface area contributed by atoms with Crippen LogP contribution in [0.5, 0.6) is 0 Å². The number of nitrogens with two attached hydrogens (primary N) is 3. The van der Waals surface area contributed by atoms with Crippen molar-refractivity contribution >= 4 is 23.7 Å². The van der Waals surface area contributed by atoms with Gasteiger partial charge in [-0.15, -0.1) is 0 Å². The number of rotatable bonds is 15. The third-order valence-corrected chi connectivity index (χ3v) is 6.91. The third kappa shape index (κ3) is 9.45. The van der Waals surface area contributed by atoms with E-state index in [1.807, 2.05) is 84.9 Å². The molecule has 0 aliphatic rings. The van der Waals surface area contributed by atoms with E-state index in [0.717, 1.165) is 22.3 Å². The average Bonchev–Trinajstić information content (AvgIpc) is 2.98. The summed E-state index contributed by atoms with van der Waals surface area (Å²) >= 11 is 0. The zero-order valence-electron chi connectivity index (χ0n) is 24.3. The zero-order chi connectivity index (χ0) is 30.5. The van der Waals surface area contributed by atoms with Crippen molar-refractivity contribution in [3.05, 3.63) is 107 Å². The van der Waals surface area contributed by atoms with Crippen LogP contribution in [0.15, 0.2) is 89.9 Å². The summed E-state index contributed by atoms with van der Waals surface area (Å²) in [6.45, 7) is 1.24. The number of nitrogens with zero attached hydrogens (tertiary/aromatic N) is 3. The van der Waals surface area contributed by atoms with Crippen molar-refractivity contribution in [2.75, 3.05) is 27.2 Å². The van der Waals surface area contributed by atoms with Gasteiger partial charge in [-0.25, -0.2) is 0 Å². The van der Waals surface area contributed by atoms with Crippen LogP contribution in [0.2, 0.25) is 0 Å². The zero-order valence-corrected chi connectivity index (χ0v) is 24.3. The lowest BCUT2D eigenvalue weighted by Gasteiger charge is -2.33. The molecule has 0 unspecified atom stereocenters. The second-order valence-electron chi connectivity index (χ2n) is 10.3. The maximum atomic E-state index is 14.5. The lowest BCUT2D eigenvalue weighted by atomic mass is 9.89. The molecule has 0 radical (unpaired) electrons. The summed E-state index contributed by atoms with van der Waals surface area (Å²) in [7, 11) is 3.43. The van der Waals surface area contributed by atoms with Crippen LogP contribution < -0.4 is 22.5 Å². The number of likely N-dealkylation sites (N-methyl/N-ethyl adjacent to an activating group) is 1. The topological polar surface area (TPSA) is 160 Å². The van der Waals surface area contributed by atoms with Gasteiger partial charge in [-0.2, -0.15) is 0 Å². The quantitative estimate of drug-likeness (QED) is 0.124. The van der Waals surface area contributed by atoms with E-state index in [-0.39, 0.29) is 30.9 Å². The highest BCUT2D eigenvalue weighted by molar-refractivity contribution is 5.92. The molecule has 3 aromatic carbocycles. The Morgan fingerprint density at radius 3 is 1.86 bits per heavy atom. The summed E-state index contributed by atoms with van der Waals surface area (Å²) in [6.07, 6.45) is 0.767. The van der Waals surface area contributed by atoms with E-state index in [4.69, 9.17) is 17.2 Å². The van der Waals surface area contributed by atoms with Gasteiger partial charge in [-0.3, -0.25) is 19.4 Å². The van der Waals surface area contributed by atoms with Crippen molar-refractivity contribution in [1.29, 1.82) is 0 Å². The molecule has 0 bridgehead atoms. The van der Waals surface area contributed by atoms with Crippen molar-refractivity contribution in [1.82, 2.24) is 15.1 Å². The van der Waals surface area contributed by atoms with Gasteiger partial charge in [0.2, 0.25) is 17.7 Å². The molecule has 0 saturated carbocycles. The largest absolute Gasteiger partial charge is 0.370 e. The number of carbonyl (C=O) groups is 3. The van der Waals surface area contributed by atoms with E-state index in [0.29, 0.717) is 25.9 Å². The Balaban J connectivity index is 1.91. The number of carbonyl (C=O) groups excluding carboxylic acids is 3. The Hall–Kier alpha value is -4.70. The molecule has 3 amide bonds. The maximum Gasteiger partial charge on any atom is 0.240 e. The molecule has 7 N–H and O–H groups in total. The van der Waals surface area contributed by atoms with Crippen LogP contribution in [-0.2, 0) is 27.5 Å². The van der Waals surface area contributed by atoms with Gasteiger partial charge in [0.05, 0.1) is 12.5 Å². The molecule has 1 atom stereocenters. The normalized spacial score (nSPS) is 11.5. The minimum atomic E-state index is -0.875. The Kier molecular flexibility index (Phi) is 12.1. The van der Waals surface area contributed by atoms with Gasteiger partial charge < -0.3 is 32.3 Å². The van der Waals surface area contributed by atoms with Gasteiger partial charge in [0.15, 0.2) is 5.96 Å². The Bertz CT molecular complexity index is 1290. The molecule has 0 fully saturated rings. The summed E-state index contributed by atoms with van der Waals surface area (Å²) in [5, 5.41) is 3.14. The molecule has 0 spiro atoms. The highest BCUT2D eigenvalue weighted by Gasteiger charge is 2.34. The Morgan fingerprint density at radius 1 is 0.810 bits per heavy atom.